The smallest absolute Gasteiger partial charge is 0.274 e. The van der Waals surface area contributed by atoms with Crippen molar-refractivity contribution in [2.24, 2.45) is 11.7 Å². The van der Waals surface area contributed by atoms with E-state index < -0.39 is 11.8 Å². The van der Waals surface area contributed by atoms with E-state index in [4.69, 9.17) is 10.3 Å². The molecule has 0 bridgehead atoms. The molecule has 0 unspecified atom stereocenters. The first-order chi connectivity index (χ1) is 11.5. The van der Waals surface area contributed by atoms with Crippen LogP contribution < -0.4 is 5.73 Å². The molecule has 3 heterocycles. The zero-order valence-electron chi connectivity index (χ0n) is 13.2. The minimum atomic E-state index is -0.546. The number of hydrogen-bond donors (Lipinski definition) is 2. The summed E-state index contributed by atoms with van der Waals surface area (Å²) in [4.78, 5) is 30.2. The van der Waals surface area contributed by atoms with Crippen molar-refractivity contribution in [2.75, 3.05) is 13.1 Å². The van der Waals surface area contributed by atoms with Gasteiger partial charge >= 0.3 is 0 Å². The van der Waals surface area contributed by atoms with Gasteiger partial charge in [0.1, 0.15) is 5.69 Å². The van der Waals surface area contributed by atoms with E-state index in [-0.39, 0.29) is 18.4 Å². The van der Waals surface area contributed by atoms with Crippen molar-refractivity contribution in [1.82, 2.24) is 25.2 Å². The summed E-state index contributed by atoms with van der Waals surface area (Å²) in [6.45, 7) is 2.23. The number of H-pyrrole nitrogens is 1. The summed E-state index contributed by atoms with van der Waals surface area (Å²) in [7, 11) is 0. The van der Waals surface area contributed by atoms with E-state index in [0.29, 0.717) is 29.9 Å². The van der Waals surface area contributed by atoms with Crippen LogP contribution in [0.2, 0.25) is 0 Å². The van der Waals surface area contributed by atoms with Gasteiger partial charge in [-0.25, -0.2) is 0 Å². The summed E-state index contributed by atoms with van der Waals surface area (Å²) in [5, 5.41) is 10.8. The maximum absolute atomic E-state index is 12.7. The second-order valence-corrected chi connectivity index (χ2v) is 6.49. The lowest BCUT2D eigenvalue weighted by Crippen LogP contribution is -2.32. The van der Waals surface area contributed by atoms with E-state index >= 15 is 0 Å². The first-order valence-corrected chi connectivity index (χ1v) is 7.97. The molecule has 2 fully saturated rings. The molecule has 2 amide bonds. The van der Waals surface area contributed by atoms with E-state index in [1.807, 2.05) is 0 Å². The zero-order chi connectivity index (χ0) is 16.8. The topological polar surface area (TPSA) is 131 Å². The monoisotopic (exact) mass is 330 g/mol. The fourth-order valence-corrected chi connectivity index (χ4v) is 3.18. The lowest BCUT2D eigenvalue weighted by atomic mass is 9.95. The molecule has 2 aromatic rings. The molecule has 1 saturated heterocycles. The number of hydrogen-bond acceptors (Lipinski definition) is 6. The number of amides is 2. The molecule has 1 saturated carbocycles. The number of rotatable bonds is 4. The molecule has 0 radical (unpaired) electrons. The van der Waals surface area contributed by atoms with Crippen molar-refractivity contribution in [3.05, 3.63) is 29.2 Å². The highest BCUT2D eigenvalue weighted by atomic mass is 16.5. The third-order valence-corrected chi connectivity index (χ3v) is 4.67. The third kappa shape index (κ3) is 2.55. The van der Waals surface area contributed by atoms with Gasteiger partial charge in [0.05, 0.1) is 11.8 Å². The minimum absolute atomic E-state index is 0.219. The molecule has 0 spiro atoms. The summed E-state index contributed by atoms with van der Waals surface area (Å²) in [6, 6.07) is 1.80. The minimum Gasteiger partial charge on any atom is -0.369 e. The number of carbonyl (C=O) groups is 2. The third-order valence-electron chi connectivity index (χ3n) is 4.67. The number of nitrogens with zero attached hydrogens (tertiary/aromatic N) is 4. The van der Waals surface area contributed by atoms with Crippen molar-refractivity contribution in [3.63, 3.8) is 0 Å². The molecule has 24 heavy (non-hydrogen) atoms. The lowest BCUT2D eigenvalue weighted by Gasteiger charge is -2.13. The molecule has 1 aliphatic carbocycles. The van der Waals surface area contributed by atoms with Gasteiger partial charge in [0, 0.05) is 24.7 Å². The Morgan fingerprint density at radius 3 is 2.79 bits per heavy atom. The lowest BCUT2D eigenvalue weighted by molar-refractivity contribution is -0.121. The van der Waals surface area contributed by atoms with Crippen LogP contribution in [0.5, 0.6) is 0 Å². The van der Waals surface area contributed by atoms with Crippen LogP contribution in [0, 0.1) is 12.8 Å². The molecule has 9 heteroatoms. The van der Waals surface area contributed by atoms with Crippen LogP contribution in [0.25, 0.3) is 0 Å². The van der Waals surface area contributed by atoms with E-state index in [2.05, 4.69) is 20.3 Å². The highest BCUT2D eigenvalue weighted by Crippen LogP contribution is 2.39. The van der Waals surface area contributed by atoms with E-state index in [0.717, 1.165) is 18.5 Å². The number of aryl methyl sites for hydroxylation is 1. The van der Waals surface area contributed by atoms with Crippen LogP contribution >= 0.6 is 0 Å². The molecule has 2 aliphatic rings. The van der Waals surface area contributed by atoms with Crippen molar-refractivity contribution < 1.29 is 14.1 Å². The van der Waals surface area contributed by atoms with Gasteiger partial charge in [0.2, 0.25) is 11.8 Å². The number of primary amides is 1. The number of aromatic nitrogens is 4. The standard InChI is InChI=1S/C15H18N6O3/c1-7-17-14(24-20-7)10-6-21(5-9(10)13(16)22)15(23)12-4-11(18-19-12)8-2-3-8/h4,8-10H,2-3,5-6H2,1H3,(H2,16,22)(H,18,19)/t9-,10-/m1/s1. The van der Waals surface area contributed by atoms with Gasteiger partial charge in [-0.1, -0.05) is 5.16 Å². The van der Waals surface area contributed by atoms with Crippen LogP contribution in [0.3, 0.4) is 0 Å². The summed E-state index contributed by atoms with van der Waals surface area (Å²) < 4.78 is 5.18. The van der Waals surface area contributed by atoms with Gasteiger partial charge in [-0.3, -0.25) is 14.7 Å². The molecule has 2 atom stereocenters. The number of aromatic amines is 1. The van der Waals surface area contributed by atoms with Gasteiger partial charge in [0.25, 0.3) is 5.91 Å². The Kier molecular flexibility index (Phi) is 3.36. The molecular weight excluding hydrogens is 312 g/mol. The summed E-state index contributed by atoms with van der Waals surface area (Å²) in [5.41, 5.74) is 6.85. The van der Waals surface area contributed by atoms with Gasteiger partial charge in [0.15, 0.2) is 5.82 Å². The van der Waals surface area contributed by atoms with Gasteiger partial charge in [-0.05, 0) is 25.8 Å². The molecule has 2 aromatic heterocycles. The fourth-order valence-electron chi connectivity index (χ4n) is 3.18. The van der Waals surface area contributed by atoms with Crippen molar-refractivity contribution in [3.8, 4) is 0 Å². The normalized spacial score (nSPS) is 23.6. The van der Waals surface area contributed by atoms with Crippen LogP contribution in [0.1, 0.15) is 52.6 Å². The Balaban J connectivity index is 1.55. The Labute approximate surface area is 137 Å². The van der Waals surface area contributed by atoms with E-state index in [1.54, 1.807) is 17.9 Å². The van der Waals surface area contributed by atoms with Crippen molar-refractivity contribution >= 4 is 11.8 Å². The molecule has 1 aliphatic heterocycles. The Morgan fingerprint density at radius 2 is 2.17 bits per heavy atom. The highest BCUT2D eigenvalue weighted by Gasteiger charge is 2.43. The molecule has 0 aromatic carbocycles. The average molecular weight is 330 g/mol. The average Bonchev–Trinajstić information content (AvgIpc) is 3.00. The number of likely N-dealkylation sites (tertiary alicyclic amines) is 1. The second kappa shape index (κ2) is 5.43. The SMILES string of the molecule is Cc1noc([C@@H]2CN(C(=O)c3cc(C4CC4)[nH]n3)C[C@H]2C(N)=O)n1. The van der Waals surface area contributed by atoms with Gasteiger partial charge in [-0.2, -0.15) is 10.1 Å². The predicted molar refractivity (Wildman–Crippen MR) is 80.9 cm³/mol. The molecule has 126 valence electrons. The second-order valence-electron chi connectivity index (χ2n) is 6.49. The highest BCUT2D eigenvalue weighted by molar-refractivity contribution is 5.93. The first kappa shape index (κ1) is 14.9. The predicted octanol–water partition coefficient (Wildman–Crippen LogP) is 0.320. The number of nitrogens with two attached hydrogens (primary N) is 1. The van der Waals surface area contributed by atoms with Crippen molar-refractivity contribution in [2.45, 2.75) is 31.6 Å². The molecular formula is C15H18N6O3. The quantitative estimate of drug-likeness (QED) is 0.830. The Bertz CT molecular complexity index is 793. The van der Waals surface area contributed by atoms with Crippen LogP contribution in [0.4, 0.5) is 0 Å². The molecule has 4 rings (SSSR count). The Morgan fingerprint density at radius 1 is 1.38 bits per heavy atom. The summed E-state index contributed by atoms with van der Waals surface area (Å²) >= 11 is 0. The zero-order valence-corrected chi connectivity index (χ0v) is 13.2. The summed E-state index contributed by atoms with van der Waals surface area (Å²) in [6.07, 6.45) is 2.25. The van der Waals surface area contributed by atoms with Crippen LogP contribution in [-0.2, 0) is 4.79 Å². The number of carbonyl (C=O) groups excluding carboxylic acids is 2. The van der Waals surface area contributed by atoms with Gasteiger partial charge < -0.3 is 15.2 Å². The fraction of sp³-hybridized carbons (Fsp3) is 0.533. The van der Waals surface area contributed by atoms with Gasteiger partial charge in [-0.15, -0.1) is 0 Å². The largest absolute Gasteiger partial charge is 0.369 e. The maximum atomic E-state index is 12.7. The maximum Gasteiger partial charge on any atom is 0.274 e. The molecule has 3 N–H and O–H groups in total. The Hall–Kier alpha value is -2.71. The van der Waals surface area contributed by atoms with Crippen molar-refractivity contribution in [1.29, 1.82) is 0 Å². The van der Waals surface area contributed by atoms with Crippen LogP contribution in [-0.4, -0.2) is 50.1 Å². The summed E-state index contributed by atoms with van der Waals surface area (Å²) in [5.74, 6) is -0.308. The van der Waals surface area contributed by atoms with E-state index in [1.165, 1.54) is 0 Å². The first-order valence-electron chi connectivity index (χ1n) is 7.97. The van der Waals surface area contributed by atoms with E-state index in [9.17, 15) is 9.59 Å². The molecule has 9 nitrogen and oxygen atoms in total. The van der Waals surface area contributed by atoms with Crippen LogP contribution in [0.15, 0.2) is 10.6 Å². The number of nitrogens with one attached hydrogen (secondary N) is 1.